The molecule has 0 N–H and O–H groups in total. The average molecular weight is 334 g/mol. The molecule has 2 heterocycles. The van der Waals surface area contributed by atoms with Crippen LogP contribution in [0.5, 0.6) is 0 Å². The Kier molecular flexibility index (Phi) is 4.15. The molecule has 3 aromatic rings. The number of fused-ring (bicyclic) bond motifs is 1. The molecule has 0 saturated carbocycles. The van der Waals surface area contributed by atoms with Gasteiger partial charge in [0.25, 0.3) is 0 Å². The first-order valence-corrected chi connectivity index (χ1v) is 8.33. The second-order valence-electron chi connectivity index (χ2n) is 6.32. The van der Waals surface area contributed by atoms with Crippen LogP contribution < -0.4 is 4.90 Å². The Labute approximate surface area is 146 Å². The van der Waals surface area contributed by atoms with Crippen molar-refractivity contribution in [1.82, 2.24) is 15.1 Å². The largest absolute Gasteiger partial charge is 0.340 e. The zero-order chi connectivity index (χ0) is 17.2. The van der Waals surface area contributed by atoms with Crippen molar-refractivity contribution in [2.75, 3.05) is 25.0 Å². The van der Waals surface area contributed by atoms with E-state index in [1.165, 1.54) is 17.7 Å². The first-order chi connectivity index (χ1) is 12.2. The number of nitrogens with zero attached hydrogens (tertiary/aromatic N) is 4. The highest BCUT2D eigenvalue weighted by Gasteiger charge is 2.20. The number of hydrogen-bond donors (Lipinski definition) is 0. The zero-order valence-electron chi connectivity index (χ0n) is 14.1. The van der Waals surface area contributed by atoms with E-state index in [2.05, 4.69) is 45.2 Å². The highest BCUT2D eigenvalue weighted by atomic mass is 19.1. The molecule has 0 spiro atoms. The summed E-state index contributed by atoms with van der Waals surface area (Å²) in [5.74, 6) is -0.214. The van der Waals surface area contributed by atoms with Crippen molar-refractivity contribution < 1.29 is 4.39 Å². The van der Waals surface area contributed by atoms with E-state index in [4.69, 9.17) is 0 Å². The third-order valence-corrected chi connectivity index (χ3v) is 4.52. The molecule has 0 radical (unpaired) electrons. The van der Waals surface area contributed by atoms with E-state index < -0.39 is 0 Å². The number of aromatic nitrogens is 2. The highest BCUT2D eigenvalue weighted by molar-refractivity contribution is 5.72. The fraction of sp³-hybridized carbons (Fsp3) is 0.200. The fourth-order valence-corrected chi connectivity index (χ4v) is 3.24. The third kappa shape index (κ3) is 3.23. The van der Waals surface area contributed by atoms with Crippen molar-refractivity contribution in [3.63, 3.8) is 0 Å². The van der Waals surface area contributed by atoms with Crippen LogP contribution in [0.25, 0.3) is 11.3 Å². The van der Waals surface area contributed by atoms with E-state index in [9.17, 15) is 4.39 Å². The van der Waals surface area contributed by atoms with Crippen LogP contribution in [0.3, 0.4) is 0 Å². The summed E-state index contributed by atoms with van der Waals surface area (Å²) in [4.78, 5) is 4.54. The Bertz CT molecular complexity index is 865. The van der Waals surface area contributed by atoms with E-state index in [0.29, 0.717) is 0 Å². The minimum Gasteiger partial charge on any atom is -0.340 e. The molecule has 25 heavy (non-hydrogen) atoms. The molecule has 0 saturated heterocycles. The molecule has 1 aliphatic rings. The van der Waals surface area contributed by atoms with Crippen LogP contribution in [0.4, 0.5) is 15.8 Å². The van der Waals surface area contributed by atoms with Crippen LogP contribution in [0, 0.1) is 5.82 Å². The lowest BCUT2D eigenvalue weighted by molar-refractivity contribution is 0.343. The Hall–Kier alpha value is -2.79. The van der Waals surface area contributed by atoms with E-state index in [1.54, 1.807) is 6.20 Å². The molecule has 126 valence electrons. The summed E-state index contributed by atoms with van der Waals surface area (Å²) in [6, 6.07) is 16.9. The number of anilines is 2. The SMILES string of the molecule is CN1CCN(c2ccc(F)cc2)c2ccc(-c3cccnn3)cc2C1. The lowest BCUT2D eigenvalue weighted by Crippen LogP contribution is -2.26. The van der Waals surface area contributed by atoms with Crippen molar-refractivity contribution in [1.29, 1.82) is 0 Å². The predicted molar refractivity (Wildman–Crippen MR) is 97.2 cm³/mol. The molecule has 0 fully saturated rings. The van der Waals surface area contributed by atoms with Crippen molar-refractivity contribution in [2.45, 2.75) is 6.54 Å². The normalized spacial score (nSPS) is 14.9. The molecule has 4 rings (SSSR count). The lowest BCUT2D eigenvalue weighted by atomic mass is 10.0. The summed E-state index contributed by atoms with van der Waals surface area (Å²) in [6.07, 6.45) is 1.68. The smallest absolute Gasteiger partial charge is 0.123 e. The van der Waals surface area contributed by atoms with Crippen LogP contribution >= 0.6 is 0 Å². The van der Waals surface area contributed by atoms with Crippen molar-refractivity contribution in [3.8, 4) is 11.3 Å². The average Bonchev–Trinajstić information content (AvgIpc) is 2.81. The van der Waals surface area contributed by atoms with Gasteiger partial charge in [-0.2, -0.15) is 10.2 Å². The second-order valence-corrected chi connectivity index (χ2v) is 6.32. The van der Waals surface area contributed by atoms with Gasteiger partial charge in [0, 0.05) is 42.8 Å². The topological polar surface area (TPSA) is 32.3 Å². The van der Waals surface area contributed by atoms with Crippen LogP contribution in [-0.2, 0) is 6.54 Å². The molecule has 5 heteroatoms. The molecule has 0 unspecified atom stereocenters. The van der Waals surface area contributed by atoms with Crippen LogP contribution in [0.15, 0.2) is 60.8 Å². The molecule has 0 bridgehead atoms. The first-order valence-electron chi connectivity index (χ1n) is 8.33. The monoisotopic (exact) mass is 334 g/mol. The van der Waals surface area contributed by atoms with E-state index in [-0.39, 0.29) is 5.82 Å². The van der Waals surface area contributed by atoms with Gasteiger partial charge in [-0.3, -0.25) is 0 Å². The summed E-state index contributed by atoms with van der Waals surface area (Å²) in [5.41, 5.74) is 5.31. The number of rotatable bonds is 2. The Morgan fingerprint density at radius 1 is 1.00 bits per heavy atom. The molecular weight excluding hydrogens is 315 g/mol. The highest BCUT2D eigenvalue weighted by Crippen LogP contribution is 2.34. The minimum atomic E-state index is -0.214. The van der Waals surface area contributed by atoms with Crippen LogP contribution in [0.1, 0.15) is 5.56 Å². The van der Waals surface area contributed by atoms with Gasteiger partial charge in [0.05, 0.1) is 5.69 Å². The van der Waals surface area contributed by atoms with Gasteiger partial charge in [-0.25, -0.2) is 4.39 Å². The Morgan fingerprint density at radius 3 is 2.60 bits per heavy atom. The summed E-state index contributed by atoms with van der Waals surface area (Å²) in [5, 5.41) is 8.18. The Balaban J connectivity index is 1.78. The van der Waals surface area contributed by atoms with Crippen LogP contribution in [0.2, 0.25) is 0 Å². The van der Waals surface area contributed by atoms with Gasteiger partial charge in [-0.15, -0.1) is 0 Å². The number of benzene rings is 2. The maximum Gasteiger partial charge on any atom is 0.123 e. The summed E-state index contributed by atoms with van der Waals surface area (Å²) in [7, 11) is 2.12. The number of halogens is 1. The van der Waals surface area contributed by atoms with Crippen LogP contribution in [-0.4, -0.2) is 35.2 Å². The molecule has 2 aromatic carbocycles. The van der Waals surface area contributed by atoms with Gasteiger partial charge < -0.3 is 9.80 Å². The number of likely N-dealkylation sites (N-methyl/N-ethyl adjacent to an activating group) is 1. The lowest BCUT2D eigenvalue weighted by Gasteiger charge is -2.25. The summed E-state index contributed by atoms with van der Waals surface area (Å²) in [6.45, 7) is 2.66. The second kappa shape index (κ2) is 6.61. The maximum absolute atomic E-state index is 13.3. The van der Waals surface area contributed by atoms with E-state index in [0.717, 1.165) is 42.3 Å². The molecule has 1 aromatic heterocycles. The van der Waals surface area contributed by atoms with Gasteiger partial charge in [0.15, 0.2) is 0 Å². The van der Waals surface area contributed by atoms with E-state index in [1.807, 2.05) is 24.3 Å². The molecular formula is C20H19FN4. The zero-order valence-corrected chi connectivity index (χ0v) is 14.1. The van der Waals surface area contributed by atoms with Crippen molar-refractivity contribution in [3.05, 3.63) is 72.2 Å². The van der Waals surface area contributed by atoms with Crippen molar-refractivity contribution >= 4 is 11.4 Å². The molecule has 0 amide bonds. The summed E-state index contributed by atoms with van der Waals surface area (Å²) < 4.78 is 13.3. The van der Waals surface area contributed by atoms with Gasteiger partial charge in [0.1, 0.15) is 5.82 Å². The quantitative estimate of drug-likeness (QED) is 0.712. The van der Waals surface area contributed by atoms with Gasteiger partial charge in [0.2, 0.25) is 0 Å². The molecule has 0 atom stereocenters. The van der Waals surface area contributed by atoms with E-state index >= 15 is 0 Å². The first kappa shape index (κ1) is 15.7. The van der Waals surface area contributed by atoms with Gasteiger partial charge >= 0.3 is 0 Å². The standard InChI is InChI=1S/C20H19FN4/c1-24-11-12-25(18-7-5-17(21)6-8-18)20-9-4-15(13-16(20)14-24)19-3-2-10-22-23-19/h2-10,13H,11-12,14H2,1H3. The molecule has 4 nitrogen and oxygen atoms in total. The number of hydrogen-bond acceptors (Lipinski definition) is 4. The fourth-order valence-electron chi connectivity index (χ4n) is 3.24. The summed E-state index contributed by atoms with van der Waals surface area (Å²) >= 11 is 0. The molecule has 0 aliphatic carbocycles. The third-order valence-electron chi connectivity index (χ3n) is 4.52. The minimum absolute atomic E-state index is 0.214. The van der Waals surface area contributed by atoms with Crippen molar-refractivity contribution in [2.24, 2.45) is 0 Å². The molecule has 1 aliphatic heterocycles. The Morgan fingerprint density at radius 2 is 1.84 bits per heavy atom. The maximum atomic E-state index is 13.3. The predicted octanol–water partition coefficient (Wildman–Crippen LogP) is 3.87. The van der Waals surface area contributed by atoms with Gasteiger partial charge in [-0.1, -0.05) is 6.07 Å². The van der Waals surface area contributed by atoms with Gasteiger partial charge in [-0.05, 0) is 61.1 Å².